The number of hydrogen-bond acceptors (Lipinski definition) is 5. The van der Waals surface area contributed by atoms with Crippen molar-refractivity contribution in [3.05, 3.63) is 47.3 Å². The first-order valence-electron chi connectivity index (χ1n) is 10.6. The van der Waals surface area contributed by atoms with Gasteiger partial charge in [0, 0.05) is 39.3 Å². The van der Waals surface area contributed by atoms with Gasteiger partial charge in [0.2, 0.25) is 5.82 Å². The molecule has 2 fully saturated rings. The first kappa shape index (κ1) is 20.0. The molecule has 3 heterocycles. The number of amides is 2. The lowest BCUT2D eigenvalue weighted by molar-refractivity contribution is -0.153. The number of nitrogens with one attached hydrogen (secondary N) is 1. The molecule has 0 radical (unpaired) electrons. The van der Waals surface area contributed by atoms with E-state index in [1.165, 1.54) is 12.1 Å². The number of hydrogen-bond donors (Lipinski definition) is 1. The second-order valence-electron chi connectivity index (χ2n) is 8.46. The molecule has 1 saturated heterocycles. The topological polar surface area (TPSA) is 83.4 Å². The number of carbonyl (C=O) groups is 2. The number of piperazine rings is 1. The molecule has 1 aromatic heterocycles. The zero-order chi connectivity index (χ0) is 21.6. The summed E-state index contributed by atoms with van der Waals surface area (Å²) >= 11 is 0. The van der Waals surface area contributed by atoms with E-state index in [1.54, 1.807) is 21.6 Å². The van der Waals surface area contributed by atoms with E-state index in [0.717, 1.165) is 12.0 Å². The minimum absolute atomic E-state index is 0.207. The molecule has 164 valence electrons. The van der Waals surface area contributed by atoms with Gasteiger partial charge in [-0.1, -0.05) is 12.1 Å². The summed E-state index contributed by atoms with van der Waals surface area (Å²) < 4.78 is 29.5. The molecule has 3 aliphatic rings. The Morgan fingerprint density at radius 3 is 2.55 bits per heavy atom. The summed E-state index contributed by atoms with van der Waals surface area (Å²) in [6.07, 6.45) is 1.34. The number of aromatic nitrogens is 3. The number of alkyl halides is 1. The van der Waals surface area contributed by atoms with Crippen LogP contribution in [0.15, 0.2) is 24.3 Å². The fourth-order valence-electron chi connectivity index (χ4n) is 4.54. The van der Waals surface area contributed by atoms with Crippen molar-refractivity contribution in [2.45, 2.75) is 44.1 Å². The number of rotatable bonds is 4. The van der Waals surface area contributed by atoms with Gasteiger partial charge in [0.05, 0.1) is 6.04 Å². The summed E-state index contributed by atoms with van der Waals surface area (Å²) in [5.41, 5.74) is -0.937. The molecule has 8 nitrogen and oxygen atoms in total. The Morgan fingerprint density at radius 2 is 1.84 bits per heavy atom. The standard InChI is InChI=1S/C21H24F2N6O2/c22-15-4-2-14(3-5-15)12-24-19(30)18-26-25-17-16-13-28(20(31)21(23)6-1-7-21)9-8-27(16)10-11-29(17)18/h2-5,16H,1,6-13H2,(H,24,30)/t16-/m1/s1. The van der Waals surface area contributed by atoms with E-state index in [4.69, 9.17) is 0 Å². The van der Waals surface area contributed by atoms with Crippen molar-refractivity contribution in [3.63, 3.8) is 0 Å². The van der Waals surface area contributed by atoms with Crippen LogP contribution in [-0.4, -0.2) is 68.2 Å². The predicted octanol–water partition coefficient (Wildman–Crippen LogP) is 1.44. The summed E-state index contributed by atoms with van der Waals surface area (Å²) in [6.45, 7) is 3.01. The van der Waals surface area contributed by atoms with Crippen LogP contribution in [0.2, 0.25) is 0 Å². The number of fused-ring (bicyclic) bond motifs is 3. The minimum Gasteiger partial charge on any atom is -0.345 e. The molecular weight excluding hydrogens is 406 g/mol. The van der Waals surface area contributed by atoms with Crippen molar-refractivity contribution < 1.29 is 18.4 Å². The maximum Gasteiger partial charge on any atom is 0.289 e. The van der Waals surface area contributed by atoms with Gasteiger partial charge in [-0.15, -0.1) is 10.2 Å². The second kappa shape index (κ2) is 7.67. The van der Waals surface area contributed by atoms with E-state index < -0.39 is 11.6 Å². The van der Waals surface area contributed by atoms with Crippen LogP contribution in [0.4, 0.5) is 8.78 Å². The van der Waals surface area contributed by atoms with Crippen molar-refractivity contribution >= 4 is 11.8 Å². The van der Waals surface area contributed by atoms with E-state index >= 15 is 0 Å². The molecule has 1 atom stereocenters. The van der Waals surface area contributed by atoms with Crippen LogP contribution >= 0.6 is 0 Å². The zero-order valence-corrected chi connectivity index (χ0v) is 17.1. The fraction of sp³-hybridized carbons (Fsp3) is 0.524. The van der Waals surface area contributed by atoms with Crippen molar-refractivity contribution in [3.8, 4) is 0 Å². The van der Waals surface area contributed by atoms with E-state index in [-0.39, 0.29) is 30.1 Å². The van der Waals surface area contributed by atoms with Crippen LogP contribution in [0.1, 0.15) is 47.3 Å². The summed E-state index contributed by atoms with van der Waals surface area (Å²) in [6, 6.07) is 5.70. The Labute approximate surface area is 178 Å². The van der Waals surface area contributed by atoms with Gasteiger partial charge in [0.15, 0.2) is 11.5 Å². The lowest BCUT2D eigenvalue weighted by atomic mass is 9.80. The van der Waals surface area contributed by atoms with Gasteiger partial charge in [0.1, 0.15) is 5.82 Å². The Balaban J connectivity index is 1.29. The van der Waals surface area contributed by atoms with E-state index in [1.807, 2.05) is 0 Å². The van der Waals surface area contributed by atoms with Crippen molar-refractivity contribution in [2.24, 2.45) is 0 Å². The summed E-state index contributed by atoms with van der Waals surface area (Å²) in [5, 5.41) is 11.1. The number of benzene rings is 1. The molecule has 0 bridgehead atoms. The molecule has 2 aromatic rings. The van der Waals surface area contributed by atoms with Gasteiger partial charge < -0.3 is 14.8 Å². The molecule has 2 aliphatic heterocycles. The highest BCUT2D eigenvalue weighted by Crippen LogP contribution is 2.39. The molecule has 1 N–H and O–H groups in total. The maximum atomic E-state index is 14.6. The molecule has 1 saturated carbocycles. The van der Waals surface area contributed by atoms with Crippen molar-refractivity contribution in [1.29, 1.82) is 0 Å². The monoisotopic (exact) mass is 430 g/mol. The molecule has 0 unspecified atom stereocenters. The van der Waals surface area contributed by atoms with E-state index in [2.05, 4.69) is 20.4 Å². The predicted molar refractivity (Wildman–Crippen MR) is 106 cm³/mol. The highest BCUT2D eigenvalue weighted by Gasteiger charge is 2.49. The lowest BCUT2D eigenvalue weighted by Crippen LogP contribution is -2.58. The van der Waals surface area contributed by atoms with Gasteiger partial charge in [0.25, 0.3) is 11.8 Å². The smallest absolute Gasteiger partial charge is 0.289 e. The Bertz CT molecular complexity index is 1000. The third-order valence-electron chi connectivity index (χ3n) is 6.57. The molecule has 2 amide bonds. The summed E-state index contributed by atoms with van der Waals surface area (Å²) in [7, 11) is 0. The van der Waals surface area contributed by atoms with Gasteiger partial charge in [-0.05, 0) is 37.0 Å². The average molecular weight is 430 g/mol. The van der Waals surface area contributed by atoms with Gasteiger partial charge in [-0.3, -0.25) is 14.5 Å². The molecule has 10 heteroatoms. The zero-order valence-electron chi connectivity index (χ0n) is 17.1. The normalized spacial score (nSPS) is 22.3. The van der Waals surface area contributed by atoms with Gasteiger partial charge >= 0.3 is 0 Å². The second-order valence-corrected chi connectivity index (χ2v) is 8.46. The number of nitrogens with zero attached hydrogens (tertiary/aromatic N) is 5. The van der Waals surface area contributed by atoms with Gasteiger partial charge in [-0.2, -0.15) is 0 Å². The largest absolute Gasteiger partial charge is 0.345 e. The highest BCUT2D eigenvalue weighted by molar-refractivity contribution is 5.90. The average Bonchev–Trinajstić information content (AvgIpc) is 3.21. The third kappa shape index (κ3) is 3.58. The SMILES string of the molecule is O=C(NCc1ccc(F)cc1)c1nnc2n1CCN1CCN(C(=O)C3(F)CCC3)C[C@H]21. The molecule has 5 rings (SSSR count). The highest BCUT2D eigenvalue weighted by atomic mass is 19.1. The van der Waals surface area contributed by atoms with Crippen LogP contribution in [0.5, 0.6) is 0 Å². The molecule has 0 spiro atoms. The van der Waals surface area contributed by atoms with Crippen molar-refractivity contribution in [2.75, 3.05) is 26.2 Å². The van der Waals surface area contributed by atoms with Crippen LogP contribution in [0.3, 0.4) is 0 Å². The van der Waals surface area contributed by atoms with Crippen LogP contribution in [0, 0.1) is 5.82 Å². The van der Waals surface area contributed by atoms with E-state index in [9.17, 15) is 18.4 Å². The Kier molecular flexibility index (Phi) is 4.96. The maximum absolute atomic E-state index is 14.6. The number of carbonyl (C=O) groups excluding carboxylic acids is 2. The fourth-order valence-corrected chi connectivity index (χ4v) is 4.54. The van der Waals surface area contributed by atoms with Crippen LogP contribution in [0.25, 0.3) is 0 Å². The summed E-state index contributed by atoms with van der Waals surface area (Å²) in [4.78, 5) is 29.1. The van der Waals surface area contributed by atoms with Crippen molar-refractivity contribution in [1.82, 2.24) is 29.9 Å². The minimum atomic E-state index is -1.71. The number of halogens is 2. The summed E-state index contributed by atoms with van der Waals surface area (Å²) in [5.74, 6) is -0.287. The molecular formula is C21H24F2N6O2. The van der Waals surface area contributed by atoms with Crippen LogP contribution in [-0.2, 0) is 17.9 Å². The molecule has 1 aromatic carbocycles. The molecule has 31 heavy (non-hydrogen) atoms. The Morgan fingerprint density at radius 1 is 1.10 bits per heavy atom. The lowest BCUT2D eigenvalue weighted by Gasteiger charge is -2.46. The first-order valence-corrected chi connectivity index (χ1v) is 10.6. The first-order chi connectivity index (χ1) is 14.9. The van der Waals surface area contributed by atoms with Gasteiger partial charge in [-0.25, -0.2) is 8.78 Å². The third-order valence-corrected chi connectivity index (χ3v) is 6.57. The Hall–Kier alpha value is -2.88. The van der Waals surface area contributed by atoms with E-state index in [0.29, 0.717) is 51.4 Å². The quantitative estimate of drug-likeness (QED) is 0.794. The molecule has 1 aliphatic carbocycles. The van der Waals surface area contributed by atoms with Crippen LogP contribution < -0.4 is 5.32 Å².